The third-order valence-electron chi connectivity index (χ3n) is 1.37. The summed E-state index contributed by atoms with van der Waals surface area (Å²) >= 11 is 0. The van der Waals surface area contributed by atoms with Gasteiger partial charge in [0.05, 0.1) is 0 Å². The molecule has 0 spiro atoms. The molecule has 0 heterocycles. The standard InChI is InChI=1S/C7H13O3P.Na/c1-7(8)5-3-2-4-6-11(9)10;/h2-6H2,1H3;/q;+1. The third-order valence-corrected chi connectivity index (χ3v) is 2.05. The minimum atomic E-state index is -2.22. The molecule has 0 aliphatic heterocycles. The average Bonchev–Trinajstić information content (AvgIpc) is 1.85. The number of ketones is 1. The molecule has 0 aromatic carbocycles. The fourth-order valence-electron chi connectivity index (χ4n) is 0.792. The van der Waals surface area contributed by atoms with Crippen LogP contribution in [0.2, 0.25) is 0 Å². The monoisotopic (exact) mass is 199 g/mol. The molecule has 3 nitrogen and oxygen atoms in total. The number of hydrogen-bond donors (Lipinski definition) is 0. The number of carbonyl (C=O) groups is 1. The first-order chi connectivity index (χ1) is 5.13. The second-order valence-corrected chi connectivity index (χ2v) is 3.68. The van der Waals surface area contributed by atoms with E-state index in [1.54, 1.807) is 6.92 Å². The van der Waals surface area contributed by atoms with Crippen molar-refractivity contribution in [1.82, 2.24) is 0 Å². The summed E-state index contributed by atoms with van der Waals surface area (Å²) in [5.41, 5.74) is 0. The van der Waals surface area contributed by atoms with Gasteiger partial charge in [-0.3, -0.25) is 0 Å². The molecule has 64 valence electrons. The first kappa shape index (κ1) is 15.2. The van der Waals surface area contributed by atoms with Crippen LogP contribution in [0.5, 0.6) is 0 Å². The Balaban J connectivity index is 0. The van der Waals surface area contributed by atoms with Crippen LogP contribution in [0.4, 0.5) is 0 Å². The average molecular weight is 199 g/mol. The molecule has 0 rings (SSSR count). The Morgan fingerprint density at radius 2 is 1.92 bits per heavy atom. The Bertz CT molecular complexity index is 134. The molecule has 12 heavy (non-hydrogen) atoms. The molecule has 0 aromatic heterocycles. The van der Waals surface area contributed by atoms with Crippen LogP contribution in [0.3, 0.4) is 0 Å². The summed E-state index contributed by atoms with van der Waals surface area (Å²) in [5, 5.41) is 0. The molecular weight excluding hydrogens is 186 g/mol. The Labute approximate surface area is 96.1 Å². The van der Waals surface area contributed by atoms with E-state index in [0.29, 0.717) is 12.8 Å². The number of carbonyl (C=O) groups excluding carboxylic acids is 1. The van der Waals surface area contributed by atoms with Crippen molar-refractivity contribution in [3.05, 3.63) is 0 Å². The molecule has 0 aliphatic carbocycles. The van der Waals surface area contributed by atoms with Gasteiger partial charge in [-0.05, 0) is 26.2 Å². The van der Waals surface area contributed by atoms with E-state index in [9.17, 15) is 14.3 Å². The van der Waals surface area contributed by atoms with Gasteiger partial charge in [0.25, 0.3) is 0 Å². The predicted molar refractivity (Wildman–Crippen MR) is 41.6 cm³/mol. The molecule has 1 atom stereocenters. The van der Waals surface area contributed by atoms with Gasteiger partial charge >= 0.3 is 37.6 Å². The van der Waals surface area contributed by atoms with Gasteiger partial charge in [0.15, 0.2) is 0 Å². The smallest absolute Gasteiger partial charge is 0.596 e. The Hall–Kier alpha value is 0.730. The summed E-state index contributed by atoms with van der Waals surface area (Å²) in [6.45, 7) is 1.55. The van der Waals surface area contributed by atoms with Gasteiger partial charge < -0.3 is 9.69 Å². The van der Waals surface area contributed by atoms with Crippen LogP contribution in [-0.2, 0) is 9.36 Å². The van der Waals surface area contributed by atoms with Crippen LogP contribution in [0.25, 0.3) is 0 Å². The topological polar surface area (TPSA) is 57.2 Å². The largest absolute Gasteiger partial charge is 1.00 e. The molecule has 0 radical (unpaired) electrons. The second kappa shape index (κ2) is 9.82. The molecule has 0 fully saturated rings. The minimum Gasteiger partial charge on any atom is -0.596 e. The predicted octanol–water partition coefficient (Wildman–Crippen LogP) is -1.76. The summed E-state index contributed by atoms with van der Waals surface area (Å²) in [6.07, 6.45) is 3.18. The number of hydrogen-bond acceptors (Lipinski definition) is 3. The molecule has 0 saturated carbocycles. The molecule has 0 amide bonds. The SMILES string of the molecule is CC(=O)CCCCC[P+](=O)[O-].[Na+]. The van der Waals surface area contributed by atoms with E-state index in [1.807, 2.05) is 0 Å². The van der Waals surface area contributed by atoms with E-state index in [2.05, 4.69) is 0 Å². The number of Topliss-reactive ketones (excluding diaryl/α,β-unsaturated/α-hetero) is 1. The maximum absolute atomic E-state index is 10.4. The Kier molecular flexibility index (Phi) is 12.4. The van der Waals surface area contributed by atoms with E-state index in [0.717, 1.165) is 12.8 Å². The van der Waals surface area contributed by atoms with Crippen molar-refractivity contribution in [2.24, 2.45) is 0 Å². The van der Waals surface area contributed by atoms with Crippen LogP contribution in [0.1, 0.15) is 32.6 Å². The molecule has 0 N–H and O–H groups in total. The Morgan fingerprint density at radius 1 is 1.33 bits per heavy atom. The summed E-state index contributed by atoms with van der Waals surface area (Å²) in [7, 11) is -2.22. The molecule has 0 saturated heterocycles. The van der Waals surface area contributed by atoms with Gasteiger partial charge in [0, 0.05) is 6.42 Å². The van der Waals surface area contributed by atoms with Crippen LogP contribution >= 0.6 is 8.03 Å². The van der Waals surface area contributed by atoms with Crippen molar-refractivity contribution in [1.29, 1.82) is 0 Å². The maximum Gasteiger partial charge on any atom is 1.00 e. The quantitative estimate of drug-likeness (QED) is 0.289. The maximum atomic E-state index is 10.4. The summed E-state index contributed by atoms with van der Waals surface area (Å²) in [6, 6.07) is 0. The molecule has 0 aliphatic rings. The summed E-state index contributed by atoms with van der Waals surface area (Å²) in [5.74, 6) is 0.177. The zero-order valence-electron chi connectivity index (χ0n) is 7.71. The van der Waals surface area contributed by atoms with Gasteiger partial charge in [-0.1, -0.05) is 4.57 Å². The molecule has 0 aromatic rings. The molecular formula is C7H13NaO3P+. The second-order valence-electron chi connectivity index (χ2n) is 2.57. The van der Waals surface area contributed by atoms with Crippen molar-refractivity contribution in [3.8, 4) is 0 Å². The van der Waals surface area contributed by atoms with Gasteiger partial charge in [-0.25, -0.2) is 0 Å². The van der Waals surface area contributed by atoms with Gasteiger partial charge in [-0.15, -0.1) is 0 Å². The van der Waals surface area contributed by atoms with Crippen molar-refractivity contribution < 1.29 is 43.8 Å². The van der Waals surface area contributed by atoms with E-state index >= 15 is 0 Å². The molecule has 0 bridgehead atoms. The molecule has 5 heteroatoms. The summed E-state index contributed by atoms with van der Waals surface area (Å²) in [4.78, 5) is 20.5. The van der Waals surface area contributed by atoms with Crippen molar-refractivity contribution >= 4 is 13.8 Å². The number of rotatable bonds is 6. The van der Waals surface area contributed by atoms with Crippen LogP contribution < -0.4 is 34.5 Å². The van der Waals surface area contributed by atoms with Gasteiger partial charge in [0.1, 0.15) is 11.9 Å². The molecule has 1 unspecified atom stereocenters. The minimum absolute atomic E-state index is 0. The zero-order chi connectivity index (χ0) is 8.69. The van der Waals surface area contributed by atoms with E-state index in [1.165, 1.54) is 0 Å². The normalized spacial score (nSPS) is 10.3. The zero-order valence-corrected chi connectivity index (χ0v) is 10.6. The summed E-state index contributed by atoms with van der Waals surface area (Å²) < 4.78 is 10.1. The van der Waals surface area contributed by atoms with Crippen LogP contribution in [0.15, 0.2) is 0 Å². The number of unbranched alkanes of at least 4 members (excludes halogenated alkanes) is 2. The fourth-order valence-corrected chi connectivity index (χ4v) is 1.27. The van der Waals surface area contributed by atoms with E-state index < -0.39 is 8.03 Å². The first-order valence-electron chi connectivity index (χ1n) is 3.74. The fraction of sp³-hybridized carbons (Fsp3) is 0.857. The Morgan fingerprint density at radius 3 is 2.33 bits per heavy atom. The third kappa shape index (κ3) is 13.3. The van der Waals surface area contributed by atoms with Crippen LogP contribution in [0, 0.1) is 0 Å². The van der Waals surface area contributed by atoms with Crippen molar-refractivity contribution in [2.75, 3.05) is 6.16 Å². The first-order valence-corrected chi connectivity index (χ1v) is 5.10. The van der Waals surface area contributed by atoms with Gasteiger partial charge in [-0.2, -0.15) is 0 Å². The van der Waals surface area contributed by atoms with E-state index in [-0.39, 0.29) is 41.5 Å². The van der Waals surface area contributed by atoms with Crippen molar-refractivity contribution in [3.63, 3.8) is 0 Å². The van der Waals surface area contributed by atoms with Crippen molar-refractivity contribution in [2.45, 2.75) is 32.6 Å². The van der Waals surface area contributed by atoms with E-state index in [4.69, 9.17) is 0 Å². The van der Waals surface area contributed by atoms with Crippen LogP contribution in [-0.4, -0.2) is 11.9 Å². The van der Waals surface area contributed by atoms with Gasteiger partial charge in [0.2, 0.25) is 0 Å².